The SMILES string of the molecule is C[C@@H]1CN(NC(=O)c2cc(Cl)nc3ccc(Cl)cc23)C[C@H](C)N1. The number of hydrogen-bond donors (Lipinski definition) is 2. The molecule has 0 unspecified atom stereocenters. The number of carbonyl (C=O) groups is 1. The molecule has 2 aromatic rings. The molecule has 0 radical (unpaired) electrons. The number of halogens is 2. The lowest BCUT2D eigenvalue weighted by molar-refractivity contribution is 0.0683. The zero-order chi connectivity index (χ0) is 16.6. The molecule has 1 saturated heterocycles. The maximum absolute atomic E-state index is 12.7. The highest BCUT2D eigenvalue weighted by Gasteiger charge is 2.23. The Morgan fingerprint density at radius 2 is 1.96 bits per heavy atom. The largest absolute Gasteiger partial charge is 0.309 e. The van der Waals surface area contributed by atoms with Gasteiger partial charge in [0.15, 0.2) is 0 Å². The van der Waals surface area contributed by atoms with Gasteiger partial charge in [0.25, 0.3) is 5.91 Å². The van der Waals surface area contributed by atoms with Gasteiger partial charge in [0.05, 0.1) is 11.1 Å². The third-order valence-corrected chi connectivity index (χ3v) is 4.23. The molecule has 3 rings (SSSR count). The second-order valence-electron chi connectivity index (χ2n) is 5.97. The van der Waals surface area contributed by atoms with Crippen molar-refractivity contribution in [3.63, 3.8) is 0 Å². The van der Waals surface area contributed by atoms with Gasteiger partial charge in [-0.1, -0.05) is 23.2 Å². The van der Waals surface area contributed by atoms with Crippen LogP contribution in [0.2, 0.25) is 10.2 Å². The van der Waals surface area contributed by atoms with Gasteiger partial charge in [0.2, 0.25) is 0 Å². The van der Waals surface area contributed by atoms with E-state index in [1.807, 2.05) is 5.01 Å². The number of aromatic nitrogens is 1. The lowest BCUT2D eigenvalue weighted by atomic mass is 10.1. The molecule has 1 fully saturated rings. The molecular formula is C16H18Cl2N4O. The van der Waals surface area contributed by atoms with Crippen molar-refractivity contribution in [3.8, 4) is 0 Å². The molecule has 0 aliphatic carbocycles. The fourth-order valence-corrected chi connectivity index (χ4v) is 3.35. The van der Waals surface area contributed by atoms with Crippen LogP contribution in [0.3, 0.4) is 0 Å². The van der Waals surface area contributed by atoms with Crippen LogP contribution in [0, 0.1) is 0 Å². The summed E-state index contributed by atoms with van der Waals surface area (Å²) in [7, 11) is 0. The standard InChI is InChI=1S/C16H18Cl2N4O/c1-9-7-22(8-10(2)19-9)21-16(23)13-6-15(18)20-14-4-3-11(17)5-12(13)14/h3-6,9-10,19H,7-8H2,1-2H3,(H,21,23)/t9-,10+. The Bertz CT molecular complexity index is 742. The monoisotopic (exact) mass is 352 g/mol. The maximum atomic E-state index is 12.7. The van der Waals surface area contributed by atoms with Crippen molar-refractivity contribution < 1.29 is 4.79 Å². The van der Waals surface area contributed by atoms with E-state index in [9.17, 15) is 4.79 Å². The molecule has 1 aromatic carbocycles. The van der Waals surface area contributed by atoms with Crippen molar-refractivity contribution in [2.24, 2.45) is 0 Å². The highest BCUT2D eigenvalue weighted by atomic mass is 35.5. The van der Waals surface area contributed by atoms with E-state index in [2.05, 4.69) is 29.6 Å². The minimum absolute atomic E-state index is 0.206. The molecule has 5 nitrogen and oxygen atoms in total. The van der Waals surface area contributed by atoms with Crippen LogP contribution in [0.15, 0.2) is 24.3 Å². The summed E-state index contributed by atoms with van der Waals surface area (Å²) in [5.74, 6) is -0.206. The van der Waals surface area contributed by atoms with Crippen LogP contribution in [0.25, 0.3) is 10.9 Å². The summed E-state index contributed by atoms with van der Waals surface area (Å²) in [6, 6.07) is 7.42. The van der Waals surface area contributed by atoms with Gasteiger partial charge in [-0.2, -0.15) is 0 Å². The number of nitrogens with zero attached hydrogens (tertiary/aromatic N) is 2. The van der Waals surface area contributed by atoms with Crippen molar-refractivity contribution in [3.05, 3.63) is 40.0 Å². The summed E-state index contributed by atoms with van der Waals surface area (Å²) in [5.41, 5.74) is 4.08. The van der Waals surface area contributed by atoms with E-state index in [4.69, 9.17) is 23.2 Å². The quantitative estimate of drug-likeness (QED) is 0.816. The zero-order valence-electron chi connectivity index (χ0n) is 12.9. The molecule has 2 atom stereocenters. The van der Waals surface area contributed by atoms with Crippen molar-refractivity contribution in [2.45, 2.75) is 25.9 Å². The van der Waals surface area contributed by atoms with Crippen LogP contribution >= 0.6 is 23.2 Å². The third-order valence-electron chi connectivity index (χ3n) is 3.80. The highest BCUT2D eigenvalue weighted by Crippen LogP contribution is 2.24. The number of benzene rings is 1. The van der Waals surface area contributed by atoms with Gasteiger partial charge in [-0.05, 0) is 38.1 Å². The Morgan fingerprint density at radius 3 is 2.65 bits per heavy atom. The van der Waals surface area contributed by atoms with E-state index in [1.54, 1.807) is 24.3 Å². The molecule has 7 heteroatoms. The van der Waals surface area contributed by atoms with Gasteiger partial charge in [-0.25, -0.2) is 9.99 Å². The fourth-order valence-electron chi connectivity index (χ4n) is 2.98. The van der Waals surface area contributed by atoms with Crippen LogP contribution in [0.1, 0.15) is 24.2 Å². The lowest BCUT2D eigenvalue weighted by Gasteiger charge is -2.36. The molecule has 1 aliphatic heterocycles. The van der Waals surface area contributed by atoms with Gasteiger partial charge in [0, 0.05) is 35.6 Å². The Balaban J connectivity index is 1.90. The highest BCUT2D eigenvalue weighted by molar-refractivity contribution is 6.32. The molecule has 23 heavy (non-hydrogen) atoms. The van der Waals surface area contributed by atoms with Crippen molar-refractivity contribution in [1.82, 2.24) is 20.7 Å². The number of nitrogens with one attached hydrogen (secondary N) is 2. The maximum Gasteiger partial charge on any atom is 0.266 e. The lowest BCUT2D eigenvalue weighted by Crippen LogP contribution is -2.59. The van der Waals surface area contributed by atoms with Gasteiger partial charge in [0.1, 0.15) is 5.15 Å². The topological polar surface area (TPSA) is 57.3 Å². The Labute approximate surface area is 144 Å². The van der Waals surface area contributed by atoms with E-state index in [1.165, 1.54) is 0 Å². The van der Waals surface area contributed by atoms with Crippen LogP contribution < -0.4 is 10.7 Å². The second-order valence-corrected chi connectivity index (χ2v) is 6.79. The first kappa shape index (κ1) is 16.5. The molecule has 0 saturated carbocycles. The van der Waals surface area contributed by atoms with Gasteiger partial charge < -0.3 is 5.32 Å². The molecule has 1 amide bonds. The first-order valence-corrected chi connectivity index (χ1v) is 8.26. The fraction of sp³-hybridized carbons (Fsp3) is 0.375. The normalized spacial score (nSPS) is 22.3. The summed E-state index contributed by atoms with van der Waals surface area (Å²) in [6.07, 6.45) is 0. The number of pyridine rings is 1. The van der Waals surface area contributed by atoms with Gasteiger partial charge in [-0.15, -0.1) is 0 Å². The van der Waals surface area contributed by atoms with E-state index >= 15 is 0 Å². The van der Waals surface area contributed by atoms with Crippen LogP contribution in [-0.2, 0) is 0 Å². The number of rotatable bonds is 2. The average Bonchev–Trinajstić information content (AvgIpc) is 2.45. The van der Waals surface area contributed by atoms with Crippen LogP contribution in [-0.4, -0.2) is 41.1 Å². The van der Waals surface area contributed by atoms with Crippen LogP contribution in [0.4, 0.5) is 0 Å². The molecule has 0 spiro atoms. The summed E-state index contributed by atoms with van der Waals surface area (Å²) in [6.45, 7) is 5.67. The molecule has 122 valence electrons. The molecule has 2 heterocycles. The molecule has 0 bridgehead atoms. The van der Waals surface area contributed by atoms with Gasteiger partial charge in [-0.3, -0.25) is 10.2 Å². The predicted molar refractivity (Wildman–Crippen MR) is 92.9 cm³/mol. The Kier molecular flexibility index (Phi) is 4.73. The molecule has 2 N–H and O–H groups in total. The Morgan fingerprint density at radius 1 is 1.26 bits per heavy atom. The Hall–Kier alpha value is -1.40. The van der Waals surface area contributed by atoms with E-state index < -0.39 is 0 Å². The van der Waals surface area contributed by atoms with E-state index in [0.29, 0.717) is 33.6 Å². The number of fused-ring (bicyclic) bond motifs is 1. The number of carbonyl (C=O) groups excluding carboxylic acids is 1. The van der Waals surface area contributed by atoms with Gasteiger partial charge >= 0.3 is 0 Å². The van der Waals surface area contributed by atoms with Crippen molar-refractivity contribution in [2.75, 3.05) is 13.1 Å². The molecular weight excluding hydrogens is 335 g/mol. The second kappa shape index (κ2) is 6.61. The third kappa shape index (κ3) is 3.75. The van der Waals surface area contributed by atoms with Crippen molar-refractivity contribution >= 4 is 40.0 Å². The van der Waals surface area contributed by atoms with E-state index in [-0.39, 0.29) is 11.1 Å². The van der Waals surface area contributed by atoms with Crippen LogP contribution in [0.5, 0.6) is 0 Å². The number of piperazine rings is 1. The zero-order valence-corrected chi connectivity index (χ0v) is 14.4. The van der Waals surface area contributed by atoms with E-state index in [0.717, 1.165) is 13.1 Å². The average molecular weight is 353 g/mol. The molecule has 1 aromatic heterocycles. The van der Waals surface area contributed by atoms with Crippen molar-refractivity contribution in [1.29, 1.82) is 0 Å². The first-order valence-electron chi connectivity index (χ1n) is 7.50. The minimum atomic E-state index is -0.206. The number of hydrogen-bond acceptors (Lipinski definition) is 4. The number of amides is 1. The smallest absolute Gasteiger partial charge is 0.266 e. The minimum Gasteiger partial charge on any atom is -0.309 e. The summed E-state index contributed by atoms with van der Waals surface area (Å²) in [5, 5.41) is 6.89. The number of hydrazine groups is 1. The summed E-state index contributed by atoms with van der Waals surface area (Å²) in [4.78, 5) is 16.9. The predicted octanol–water partition coefficient (Wildman–Crippen LogP) is 2.87. The first-order chi connectivity index (χ1) is 10.9. The summed E-state index contributed by atoms with van der Waals surface area (Å²) < 4.78 is 0. The summed E-state index contributed by atoms with van der Waals surface area (Å²) >= 11 is 12.1. The molecule has 1 aliphatic rings.